The number of aryl methyl sites for hydroxylation is 1. The Bertz CT molecular complexity index is 420. The molecule has 0 aliphatic rings. The molecular formula is C14H21NO4. The van der Waals surface area contributed by atoms with Crippen LogP contribution < -0.4 is 10.1 Å². The molecule has 19 heavy (non-hydrogen) atoms. The van der Waals surface area contributed by atoms with Crippen LogP contribution in [0.25, 0.3) is 0 Å². The molecule has 1 atom stereocenters. The van der Waals surface area contributed by atoms with E-state index >= 15 is 0 Å². The lowest BCUT2D eigenvalue weighted by atomic mass is 10.1. The van der Waals surface area contributed by atoms with Gasteiger partial charge in [0.15, 0.2) is 0 Å². The van der Waals surface area contributed by atoms with Crippen molar-refractivity contribution < 1.29 is 19.7 Å². The lowest BCUT2D eigenvalue weighted by Crippen LogP contribution is -2.30. The summed E-state index contributed by atoms with van der Waals surface area (Å²) >= 11 is 0. The zero-order chi connectivity index (χ0) is 14.3. The van der Waals surface area contributed by atoms with Crippen LogP contribution in [-0.2, 0) is 11.2 Å². The van der Waals surface area contributed by atoms with E-state index in [0.717, 1.165) is 17.7 Å². The fraction of sp³-hybridized carbons (Fsp3) is 0.500. The first-order chi connectivity index (χ1) is 9.02. The number of aliphatic hydroxyl groups is 1. The van der Waals surface area contributed by atoms with Gasteiger partial charge in [-0.1, -0.05) is 12.1 Å². The summed E-state index contributed by atoms with van der Waals surface area (Å²) in [7, 11) is 1.65. The normalized spacial score (nSPS) is 12.2. The third kappa shape index (κ3) is 5.72. The number of aliphatic carboxylic acids is 1. The van der Waals surface area contributed by atoms with Crippen LogP contribution in [0.2, 0.25) is 0 Å². The fourth-order valence-electron chi connectivity index (χ4n) is 1.87. The summed E-state index contributed by atoms with van der Waals surface area (Å²) in [5.74, 6) is -0.117. The Hall–Kier alpha value is -1.59. The fourth-order valence-corrected chi connectivity index (χ4v) is 1.87. The first-order valence-electron chi connectivity index (χ1n) is 6.27. The highest BCUT2D eigenvalue weighted by Gasteiger charge is 2.08. The topological polar surface area (TPSA) is 78.8 Å². The second-order valence-electron chi connectivity index (χ2n) is 4.51. The number of carboxylic acid groups (broad SMARTS) is 1. The van der Waals surface area contributed by atoms with Crippen LogP contribution in [0.3, 0.4) is 0 Å². The molecule has 0 saturated heterocycles. The Kier molecular flexibility index (Phi) is 6.32. The van der Waals surface area contributed by atoms with E-state index in [4.69, 9.17) is 9.84 Å². The molecule has 0 radical (unpaired) electrons. The molecular weight excluding hydrogens is 246 g/mol. The van der Waals surface area contributed by atoms with E-state index in [1.54, 1.807) is 7.11 Å². The largest absolute Gasteiger partial charge is 0.496 e. The van der Waals surface area contributed by atoms with Crippen molar-refractivity contribution in [3.05, 3.63) is 29.3 Å². The van der Waals surface area contributed by atoms with Crippen LogP contribution in [-0.4, -0.2) is 42.5 Å². The summed E-state index contributed by atoms with van der Waals surface area (Å²) in [5.41, 5.74) is 2.27. The minimum atomic E-state index is -0.986. The van der Waals surface area contributed by atoms with Gasteiger partial charge in [0.25, 0.3) is 0 Å². The first kappa shape index (κ1) is 15.5. The smallest absolute Gasteiger partial charge is 0.306 e. The summed E-state index contributed by atoms with van der Waals surface area (Å²) in [5, 5.41) is 20.9. The van der Waals surface area contributed by atoms with Gasteiger partial charge in [-0.15, -0.1) is 0 Å². The van der Waals surface area contributed by atoms with Gasteiger partial charge in [0.2, 0.25) is 0 Å². The highest BCUT2D eigenvalue weighted by Crippen LogP contribution is 2.18. The summed E-state index contributed by atoms with van der Waals surface area (Å²) in [6, 6.07) is 6.00. The number of rotatable bonds is 8. The molecule has 1 aromatic carbocycles. The second-order valence-corrected chi connectivity index (χ2v) is 4.51. The van der Waals surface area contributed by atoms with Gasteiger partial charge in [-0.2, -0.15) is 0 Å². The molecule has 5 heteroatoms. The summed E-state index contributed by atoms with van der Waals surface area (Å²) in [6.07, 6.45) is -0.241. The van der Waals surface area contributed by atoms with Crippen molar-refractivity contribution in [2.75, 3.05) is 20.2 Å². The van der Waals surface area contributed by atoms with Crippen LogP contribution >= 0.6 is 0 Å². The molecule has 106 valence electrons. The third-order valence-electron chi connectivity index (χ3n) is 2.84. The number of hydrogen-bond acceptors (Lipinski definition) is 4. The van der Waals surface area contributed by atoms with Gasteiger partial charge in [-0.3, -0.25) is 4.79 Å². The molecule has 3 N–H and O–H groups in total. The zero-order valence-corrected chi connectivity index (χ0v) is 11.3. The number of nitrogens with one attached hydrogen (secondary N) is 1. The van der Waals surface area contributed by atoms with Gasteiger partial charge in [0.1, 0.15) is 5.75 Å². The summed E-state index contributed by atoms with van der Waals surface area (Å²) in [4.78, 5) is 10.4. The Morgan fingerprint density at radius 1 is 1.47 bits per heavy atom. The molecule has 1 unspecified atom stereocenters. The number of carboxylic acids is 1. The molecule has 0 saturated carbocycles. The molecule has 1 rings (SSSR count). The van der Waals surface area contributed by atoms with Gasteiger partial charge < -0.3 is 20.3 Å². The van der Waals surface area contributed by atoms with Gasteiger partial charge in [-0.05, 0) is 37.1 Å². The molecule has 0 bridgehead atoms. The minimum absolute atomic E-state index is 0.228. The SMILES string of the molecule is COc1ccc(CCNCC(O)CC(=O)O)cc1C. The molecule has 0 aromatic heterocycles. The van der Waals surface area contributed by atoms with Gasteiger partial charge in [0, 0.05) is 6.54 Å². The molecule has 1 aromatic rings. The van der Waals surface area contributed by atoms with E-state index < -0.39 is 12.1 Å². The summed E-state index contributed by atoms with van der Waals surface area (Å²) in [6.45, 7) is 2.98. The second kappa shape index (κ2) is 7.76. The number of aliphatic hydroxyl groups excluding tert-OH is 1. The van der Waals surface area contributed by atoms with E-state index in [-0.39, 0.29) is 6.42 Å². The van der Waals surface area contributed by atoms with Crippen molar-refractivity contribution >= 4 is 5.97 Å². The van der Waals surface area contributed by atoms with Gasteiger partial charge in [0.05, 0.1) is 19.6 Å². The Labute approximate surface area is 113 Å². The van der Waals surface area contributed by atoms with Crippen LogP contribution in [0, 0.1) is 6.92 Å². The van der Waals surface area contributed by atoms with E-state index in [9.17, 15) is 9.90 Å². The zero-order valence-electron chi connectivity index (χ0n) is 11.3. The predicted molar refractivity (Wildman–Crippen MR) is 72.6 cm³/mol. The monoisotopic (exact) mass is 267 g/mol. The van der Waals surface area contributed by atoms with E-state index in [2.05, 4.69) is 11.4 Å². The number of benzene rings is 1. The van der Waals surface area contributed by atoms with E-state index in [1.807, 2.05) is 19.1 Å². The van der Waals surface area contributed by atoms with Crippen molar-refractivity contribution in [2.24, 2.45) is 0 Å². The Morgan fingerprint density at radius 3 is 2.79 bits per heavy atom. The number of methoxy groups -OCH3 is 1. The van der Waals surface area contributed by atoms with Crippen LogP contribution in [0.5, 0.6) is 5.75 Å². The van der Waals surface area contributed by atoms with Gasteiger partial charge >= 0.3 is 5.97 Å². The maximum Gasteiger partial charge on any atom is 0.306 e. The molecule has 0 spiro atoms. The quantitative estimate of drug-likeness (QED) is 0.612. The minimum Gasteiger partial charge on any atom is -0.496 e. The van der Waals surface area contributed by atoms with Gasteiger partial charge in [-0.25, -0.2) is 0 Å². The van der Waals surface area contributed by atoms with E-state index in [1.165, 1.54) is 5.56 Å². The highest BCUT2D eigenvalue weighted by atomic mass is 16.5. The van der Waals surface area contributed by atoms with Crippen LogP contribution in [0.15, 0.2) is 18.2 Å². The number of hydrogen-bond donors (Lipinski definition) is 3. The predicted octanol–water partition coefficient (Wildman–Crippen LogP) is 0.971. The third-order valence-corrected chi connectivity index (χ3v) is 2.84. The maximum absolute atomic E-state index is 10.4. The molecule has 0 heterocycles. The summed E-state index contributed by atoms with van der Waals surface area (Å²) < 4.78 is 5.19. The lowest BCUT2D eigenvalue weighted by Gasteiger charge is -2.10. The Morgan fingerprint density at radius 2 is 2.21 bits per heavy atom. The van der Waals surface area contributed by atoms with Crippen LogP contribution in [0.4, 0.5) is 0 Å². The number of carbonyl (C=O) groups is 1. The van der Waals surface area contributed by atoms with Crippen molar-refractivity contribution in [3.63, 3.8) is 0 Å². The molecule has 0 aliphatic carbocycles. The van der Waals surface area contributed by atoms with Crippen LogP contribution in [0.1, 0.15) is 17.5 Å². The van der Waals surface area contributed by atoms with E-state index in [0.29, 0.717) is 13.1 Å². The highest BCUT2D eigenvalue weighted by molar-refractivity contribution is 5.67. The molecule has 5 nitrogen and oxygen atoms in total. The number of ether oxygens (including phenoxy) is 1. The van der Waals surface area contributed by atoms with Crippen molar-refractivity contribution in [1.29, 1.82) is 0 Å². The standard InChI is InChI=1S/C14H21NO4/c1-10-7-11(3-4-13(10)19-2)5-6-15-9-12(16)8-14(17)18/h3-4,7,12,15-16H,5-6,8-9H2,1-2H3,(H,17,18). The maximum atomic E-state index is 10.4. The molecule has 0 amide bonds. The average molecular weight is 267 g/mol. The van der Waals surface area contributed by atoms with Crippen molar-refractivity contribution in [3.8, 4) is 5.75 Å². The Balaban J connectivity index is 2.29. The lowest BCUT2D eigenvalue weighted by molar-refractivity contribution is -0.139. The molecule has 0 fully saturated rings. The average Bonchev–Trinajstić information content (AvgIpc) is 2.34. The molecule has 0 aliphatic heterocycles. The van der Waals surface area contributed by atoms with Crippen molar-refractivity contribution in [2.45, 2.75) is 25.9 Å². The first-order valence-corrected chi connectivity index (χ1v) is 6.27. The van der Waals surface area contributed by atoms with Crippen molar-refractivity contribution in [1.82, 2.24) is 5.32 Å².